The summed E-state index contributed by atoms with van der Waals surface area (Å²) in [5.41, 5.74) is 1.50. The molecule has 2 aromatic carbocycles. The van der Waals surface area contributed by atoms with E-state index in [4.69, 9.17) is 14.4 Å². The number of benzene rings is 2. The average molecular weight is 306 g/mol. The van der Waals surface area contributed by atoms with Crippen molar-refractivity contribution in [1.82, 2.24) is 5.32 Å². The Morgan fingerprint density at radius 1 is 1.17 bits per heavy atom. The van der Waals surface area contributed by atoms with Crippen molar-refractivity contribution in [1.29, 1.82) is 5.26 Å². The lowest BCUT2D eigenvalue weighted by Crippen LogP contribution is -2.22. The van der Waals surface area contributed by atoms with Crippen LogP contribution in [-0.2, 0) is 6.54 Å². The molecule has 0 atom stereocenters. The predicted octanol–water partition coefficient (Wildman–Crippen LogP) is 3.27. The molecule has 0 saturated carbocycles. The summed E-state index contributed by atoms with van der Waals surface area (Å²) in [5, 5.41) is 13.4. The average Bonchev–Trinajstić information content (AvgIpc) is 3.12. The number of nitriles is 1. The molecule has 0 radical (unpaired) electrons. The lowest BCUT2D eigenvalue weighted by Gasteiger charge is -2.07. The van der Waals surface area contributed by atoms with Crippen molar-refractivity contribution in [2.45, 2.75) is 6.54 Å². The van der Waals surface area contributed by atoms with Crippen molar-refractivity contribution in [3.05, 3.63) is 66.1 Å². The third-order valence-corrected chi connectivity index (χ3v) is 3.42. The van der Waals surface area contributed by atoms with E-state index in [1.807, 2.05) is 42.5 Å². The van der Waals surface area contributed by atoms with Gasteiger partial charge in [0.25, 0.3) is 5.91 Å². The Labute approximate surface area is 133 Å². The maximum atomic E-state index is 11.9. The molecule has 1 aromatic heterocycles. The number of hydrogen-bond acceptors (Lipinski definition) is 4. The topological polar surface area (TPSA) is 75.3 Å². The number of nitrogens with one attached hydrogen (secondary N) is 1. The number of amides is 1. The Hall–Kier alpha value is -3.26. The molecular formula is C18H14N2O3. The lowest BCUT2D eigenvalue weighted by atomic mass is 10.1. The first-order valence-corrected chi connectivity index (χ1v) is 7.09. The monoisotopic (exact) mass is 306 g/mol. The van der Waals surface area contributed by atoms with Crippen LogP contribution in [0.5, 0.6) is 5.75 Å². The van der Waals surface area contributed by atoms with Gasteiger partial charge in [-0.25, -0.2) is 0 Å². The van der Waals surface area contributed by atoms with E-state index in [2.05, 4.69) is 5.32 Å². The smallest absolute Gasteiger partial charge is 0.254 e. The van der Waals surface area contributed by atoms with Gasteiger partial charge < -0.3 is 14.5 Å². The maximum absolute atomic E-state index is 11.9. The first-order chi connectivity index (χ1) is 11.3. The third-order valence-electron chi connectivity index (χ3n) is 3.42. The van der Waals surface area contributed by atoms with Crippen molar-refractivity contribution in [2.24, 2.45) is 0 Å². The van der Waals surface area contributed by atoms with Crippen molar-refractivity contribution in [3.8, 4) is 11.8 Å². The molecule has 0 aliphatic heterocycles. The first kappa shape index (κ1) is 14.7. The molecule has 1 heterocycles. The van der Waals surface area contributed by atoms with Crippen LogP contribution in [0.15, 0.2) is 59.4 Å². The highest BCUT2D eigenvalue weighted by Gasteiger charge is 2.06. The molecule has 114 valence electrons. The van der Waals surface area contributed by atoms with Crippen LogP contribution in [0, 0.1) is 11.3 Å². The van der Waals surface area contributed by atoms with E-state index in [9.17, 15) is 4.79 Å². The van der Waals surface area contributed by atoms with Crippen LogP contribution in [0.25, 0.3) is 10.8 Å². The molecule has 3 rings (SSSR count). The molecule has 5 heteroatoms. The van der Waals surface area contributed by atoms with Crippen LogP contribution >= 0.6 is 0 Å². The Morgan fingerprint density at radius 2 is 2.00 bits per heavy atom. The van der Waals surface area contributed by atoms with E-state index in [1.54, 1.807) is 6.07 Å². The Morgan fingerprint density at radius 3 is 2.78 bits per heavy atom. The van der Waals surface area contributed by atoms with Gasteiger partial charge in [0.05, 0.1) is 11.8 Å². The molecule has 0 spiro atoms. The quantitative estimate of drug-likeness (QED) is 0.785. The SMILES string of the molecule is N#CCOc1ccc2cc(CNC(=O)c3ccoc3)ccc2c1. The molecule has 0 fully saturated rings. The van der Waals surface area contributed by atoms with Gasteiger partial charge in [-0.3, -0.25) is 4.79 Å². The van der Waals surface area contributed by atoms with Crippen molar-refractivity contribution in [2.75, 3.05) is 6.61 Å². The molecule has 0 saturated heterocycles. The first-order valence-electron chi connectivity index (χ1n) is 7.09. The van der Waals surface area contributed by atoms with E-state index in [0.717, 1.165) is 16.3 Å². The zero-order valence-corrected chi connectivity index (χ0v) is 12.3. The van der Waals surface area contributed by atoms with Gasteiger partial charge in [0, 0.05) is 6.54 Å². The highest BCUT2D eigenvalue weighted by atomic mass is 16.5. The number of carbonyl (C=O) groups is 1. The predicted molar refractivity (Wildman–Crippen MR) is 84.9 cm³/mol. The molecule has 1 N–H and O–H groups in total. The van der Waals surface area contributed by atoms with Crippen molar-refractivity contribution >= 4 is 16.7 Å². The van der Waals surface area contributed by atoms with Gasteiger partial charge in [0.2, 0.25) is 0 Å². The number of fused-ring (bicyclic) bond motifs is 1. The minimum Gasteiger partial charge on any atom is -0.479 e. The van der Waals surface area contributed by atoms with E-state index >= 15 is 0 Å². The third kappa shape index (κ3) is 3.50. The van der Waals surface area contributed by atoms with Crippen LogP contribution < -0.4 is 10.1 Å². The maximum Gasteiger partial charge on any atom is 0.254 e. The summed E-state index contributed by atoms with van der Waals surface area (Å²) >= 11 is 0. The Balaban J connectivity index is 1.70. The molecule has 0 aliphatic carbocycles. The van der Waals surface area contributed by atoms with Gasteiger partial charge in [-0.1, -0.05) is 18.2 Å². The molecule has 1 amide bonds. The second kappa shape index (κ2) is 6.67. The van der Waals surface area contributed by atoms with Crippen LogP contribution in [0.3, 0.4) is 0 Å². The summed E-state index contributed by atoms with van der Waals surface area (Å²) in [6.07, 6.45) is 2.88. The second-order valence-electron chi connectivity index (χ2n) is 4.98. The Bertz CT molecular complexity index is 864. The van der Waals surface area contributed by atoms with E-state index in [1.165, 1.54) is 12.5 Å². The van der Waals surface area contributed by atoms with Gasteiger partial charge in [-0.05, 0) is 40.6 Å². The minimum absolute atomic E-state index is 0.0314. The van der Waals surface area contributed by atoms with Crippen LogP contribution in [0.4, 0.5) is 0 Å². The Kier molecular flexibility index (Phi) is 4.25. The second-order valence-corrected chi connectivity index (χ2v) is 4.98. The fourth-order valence-electron chi connectivity index (χ4n) is 2.27. The number of carbonyl (C=O) groups excluding carboxylic acids is 1. The summed E-state index contributed by atoms with van der Waals surface area (Å²) in [6, 6.07) is 15.1. The van der Waals surface area contributed by atoms with Crippen molar-refractivity contribution in [3.63, 3.8) is 0 Å². The van der Waals surface area contributed by atoms with E-state index < -0.39 is 0 Å². The molecular weight excluding hydrogens is 292 g/mol. The van der Waals surface area contributed by atoms with E-state index in [-0.39, 0.29) is 12.5 Å². The zero-order chi connectivity index (χ0) is 16.1. The standard InChI is InChI=1S/C18H14N2O3/c19-6-8-23-17-4-3-14-9-13(1-2-15(14)10-17)11-20-18(21)16-5-7-22-12-16/h1-5,7,9-10,12H,8,11H2,(H,20,21). The largest absolute Gasteiger partial charge is 0.479 e. The van der Waals surface area contributed by atoms with Crippen molar-refractivity contribution < 1.29 is 13.9 Å². The molecule has 0 unspecified atom stereocenters. The highest BCUT2D eigenvalue weighted by Crippen LogP contribution is 2.22. The van der Waals surface area contributed by atoms with Crippen LogP contribution in [0.1, 0.15) is 15.9 Å². The number of hydrogen-bond donors (Lipinski definition) is 1. The van der Waals surface area contributed by atoms with E-state index in [0.29, 0.717) is 17.9 Å². The van der Waals surface area contributed by atoms with Gasteiger partial charge >= 0.3 is 0 Å². The number of rotatable bonds is 5. The highest BCUT2D eigenvalue weighted by molar-refractivity contribution is 5.93. The fourth-order valence-corrected chi connectivity index (χ4v) is 2.27. The molecule has 0 bridgehead atoms. The molecule has 23 heavy (non-hydrogen) atoms. The summed E-state index contributed by atoms with van der Waals surface area (Å²) in [6.45, 7) is 0.469. The minimum atomic E-state index is -0.168. The zero-order valence-electron chi connectivity index (χ0n) is 12.3. The molecule has 5 nitrogen and oxygen atoms in total. The molecule has 0 aliphatic rings. The molecule has 3 aromatic rings. The van der Waals surface area contributed by atoms with Gasteiger partial charge in [-0.2, -0.15) is 5.26 Å². The summed E-state index contributed by atoms with van der Waals surface area (Å²) < 4.78 is 10.2. The van der Waals surface area contributed by atoms with Gasteiger partial charge in [0.15, 0.2) is 6.61 Å². The van der Waals surface area contributed by atoms with Crippen LogP contribution in [-0.4, -0.2) is 12.5 Å². The lowest BCUT2D eigenvalue weighted by molar-refractivity contribution is 0.0950. The fraction of sp³-hybridized carbons (Fsp3) is 0.111. The summed E-state index contributed by atoms with van der Waals surface area (Å²) in [4.78, 5) is 11.9. The van der Waals surface area contributed by atoms with Gasteiger partial charge in [0.1, 0.15) is 18.1 Å². The summed E-state index contributed by atoms with van der Waals surface area (Å²) in [5.74, 6) is 0.499. The van der Waals surface area contributed by atoms with Crippen LogP contribution in [0.2, 0.25) is 0 Å². The number of ether oxygens (including phenoxy) is 1. The summed E-state index contributed by atoms with van der Waals surface area (Å²) in [7, 11) is 0. The normalized spacial score (nSPS) is 10.2. The van der Waals surface area contributed by atoms with Gasteiger partial charge in [-0.15, -0.1) is 0 Å². The number of furan rings is 1. The number of nitrogens with zero attached hydrogens (tertiary/aromatic N) is 1.